The lowest BCUT2D eigenvalue weighted by molar-refractivity contribution is 0.0936. The Morgan fingerprint density at radius 2 is 1.88 bits per heavy atom. The summed E-state index contributed by atoms with van der Waals surface area (Å²) in [5.41, 5.74) is 3.37. The molecule has 1 aliphatic rings. The van der Waals surface area contributed by atoms with Crippen molar-refractivity contribution in [1.29, 1.82) is 0 Å². The van der Waals surface area contributed by atoms with Crippen molar-refractivity contribution in [3.05, 3.63) is 65.2 Å². The van der Waals surface area contributed by atoms with Crippen molar-refractivity contribution in [3.8, 4) is 0 Å². The number of amides is 2. The zero-order valence-electron chi connectivity index (χ0n) is 13.9. The average Bonchev–Trinajstić information content (AvgIpc) is 2.61. The molecule has 1 atom stereocenters. The molecule has 2 N–H and O–H groups in total. The minimum absolute atomic E-state index is 0.0487. The van der Waals surface area contributed by atoms with E-state index in [9.17, 15) is 9.59 Å². The van der Waals surface area contributed by atoms with E-state index in [2.05, 4.69) is 10.6 Å². The molecule has 0 bridgehead atoms. The van der Waals surface area contributed by atoms with Gasteiger partial charge in [-0.3, -0.25) is 9.59 Å². The van der Waals surface area contributed by atoms with E-state index in [-0.39, 0.29) is 17.7 Å². The molecule has 124 valence electrons. The van der Waals surface area contributed by atoms with Crippen LogP contribution in [0.2, 0.25) is 0 Å². The molecule has 5 heteroatoms. The van der Waals surface area contributed by atoms with Gasteiger partial charge in [-0.2, -0.15) is 0 Å². The van der Waals surface area contributed by atoms with Crippen LogP contribution in [0, 0.1) is 0 Å². The van der Waals surface area contributed by atoms with Gasteiger partial charge in [0.25, 0.3) is 11.8 Å². The topological polar surface area (TPSA) is 61.4 Å². The Morgan fingerprint density at radius 1 is 1.17 bits per heavy atom. The van der Waals surface area contributed by atoms with Gasteiger partial charge in [0, 0.05) is 49.9 Å². The third-order valence-electron chi connectivity index (χ3n) is 4.31. The Kier molecular flexibility index (Phi) is 4.51. The second kappa shape index (κ2) is 6.74. The number of fused-ring (bicyclic) bond motifs is 1. The molecule has 0 saturated heterocycles. The highest BCUT2D eigenvalue weighted by Crippen LogP contribution is 2.23. The normalized spacial score (nSPS) is 16.1. The van der Waals surface area contributed by atoms with Crippen LogP contribution < -0.4 is 15.5 Å². The summed E-state index contributed by atoms with van der Waals surface area (Å²) < 4.78 is 0. The Balaban J connectivity index is 1.66. The Hall–Kier alpha value is -2.82. The first-order valence-corrected chi connectivity index (χ1v) is 7.99. The number of benzene rings is 2. The molecule has 0 saturated carbocycles. The summed E-state index contributed by atoms with van der Waals surface area (Å²) in [6, 6.07) is 15.0. The standard InChI is InChI=1S/C19H21N3O2/c1-22(2)15-9-7-13(8-10-15)18(23)20-11-14-12-21-19(24)17-6-4-3-5-16(14)17/h3-10,14H,11-12H2,1-2H3,(H,20,23)(H,21,24). The van der Waals surface area contributed by atoms with Crippen LogP contribution in [-0.2, 0) is 0 Å². The van der Waals surface area contributed by atoms with E-state index >= 15 is 0 Å². The number of hydrogen-bond donors (Lipinski definition) is 2. The SMILES string of the molecule is CN(C)c1ccc(C(=O)NCC2CNC(=O)c3ccccc32)cc1. The van der Waals surface area contributed by atoms with Gasteiger partial charge < -0.3 is 15.5 Å². The molecule has 2 aromatic carbocycles. The number of nitrogens with one attached hydrogen (secondary N) is 2. The third kappa shape index (κ3) is 3.25. The molecule has 0 spiro atoms. The molecular weight excluding hydrogens is 302 g/mol. The van der Waals surface area contributed by atoms with Gasteiger partial charge in [-0.25, -0.2) is 0 Å². The molecule has 2 aromatic rings. The second-order valence-corrected chi connectivity index (χ2v) is 6.15. The summed E-state index contributed by atoms with van der Waals surface area (Å²) >= 11 is 0. The summed E-state index contributed by atoms with van der Waals surface area (Å²) in [5, 5.41) is 5.85. The van der Waals surface area contributed by atoms with E-state index in [4.69, 9.17) is 0 Å². The molecule has 1 heterocycles. The number of anilines is 1. The Labute approximate surface area is 141 Å². The van der Waals surface area contributed by atoms with Crippen LogP contribution in [0.25, 0.3) is 0 Å². The Bertz CT molecular complexity index is 753. The molecular formula is C19H21N3O2. The lowest BCUT2D eigenvalue weighted by atomic mass is 9.90. The van der Waals surface area contributed by atoms with Crippen molar-refractivity contribution < 1.29 is 9.59 Å². The monoisotopic (exact) mass is 323 g/mol. The van der Waals surface area contributed by atoms with Crippen molar-refractivity contribution in [2.45, 2.75) is 5.92 Å². The van der Waals surface area contributed by atoms with Crippen LogP contribution in [0.15, 0.2) is 48.5 Å². The van der Waals surface area contributed by atoms with Crippen LogP contribution in [0.5, 0.6) is 0 Å². The second-order valence-electron chi connectivity index (χ2n) is 6.15. The van der Waals surface area contributed by atoms with Crippen LogP contribution in [-0.4, -0.2) is 39.0 Å². The van der Waals surface area contributed by atoms with E-state index in [1.165, 1.54) is 0 Å². The lowest BCUT2D eigenvalue weighted by Crippen LogP contribution is -2.40. The van der Waals surface area contributed by atoms with Gasteiger partial charge in [0.1, 0.15) is 0 Å². The van der Waals surface area contributed by atoms with Crippen LogP contribution in [0.4, 0.5) is 5.69 Å². The fraction of sp³-hybridized carbons (Fsp3) is 0.263. The maximum absolute atomic E-state index is 12.3. The van der Waals surface area contributed by atoms with Crippen molar-refractivity contribution in [2.75, 3.05) is 32.1 Å². The van der Waals surface area contributed by atoms with Crippen molar-refractivity contribution in [2.24, 2.45) is 0 Å². The van der Waals surface area contributed by atoms with Gasteiger partial charge >= 0.3 is 0 Å². The first-order chi connectivity index (χ1) is 11.6. The predicted molar refractivity (Wildman–Crippen MR) is 94.6 cm³/mol. The van der Waals surface area contributed by atoms with Crippen LogP contribution >= 0.6 is 0 Å². The molecule has 0 fully saturated rings. The minimum atomic E-state index is -0.102. The molecule has 2 amide bonds. The van der Waals surface area contributed by atoms with E-state index < -0.39 is 0 Å². The van der Waals surface area contributed by atoms with Gasteiger partial charge in [0.15, 0.2) is 0 Å². The summed E-state index contributed by atoms with van der Waals surface area (Å²) in [5.74, 6) is -0.0639. The molecule has 1 aliphatic heterocycles. The highest BCUT2D eigenvalue weighted by molar-refractivity contribution is 5.97. The Morgan fingerprint density at radius 3 is 2.58 bits per heavy atom. The van der Waals surface area contributed by atoms with E-state index in [1.807, 2.05) is 67.5 Å². The van der Waals surface area contributed by atoms with Gasteiger partial charge in [0.05, 0.1) is 0 Å². The smallest absolute Gasteiger partial charge is 0.251 e. The quantitative estimate of drug-likeness (QED) is 0.905. The van der Waals surface area contributed by atoms with Crippen LogP contribution in [0.1, 0.15) is 32.2 Å². The number of rotatable bonds is 4. The number of nitrogens with zero attached hydrogens (tertiary/aromatic N) is 1. The summed E-state index contributed by atoms with van der Waals surface area (Å²) in [7, 11) is 3.92. The highest BCUT2D eigenvalue weighted by atomic mass is 16.2. The van der Waals surface area contributed by atoms with Gasteiger partial charge in [-0.15, -0.1) is 0 Å². The largest absolute Gasteiger partial charge is 0.378 e. The zero-order valence-corrected chi connectivity index (χ0v) is 13.9. The summed E-state index contributed by atoms with van der Waals surface area (Å²) in [4.78, 5) is 26.2. The minimum Gasteiger partial charge on any atom is -0.378 e. The molecule has 0 radical (unpaired) electrons. The molecule has 5 nitrogen and oxygen atoms in total. The van der Waals surface area contributed by atoms with Gasteiger partial charge in [0.2, 0.25) is 0 Å². The van der Waals surface area contributed by atoms with Crippen molar-refractivity contribution >= 4 is 17.5 Å². The van der Waals surface area contributed by atoms with E-state index in [1.54, 1.807) is 0 Å². The predicted octanol–water partition coefficient (Wildman–Crippen LogP) is 2.01. The molecule has 0 aliphatic carbocycles. The first kappa shape index (κ1) is 16.1. The molecule has 3 rings (SSSR count). The fourth-order valence-electron chi connectivity index (χ4n) is 2.89. The fourth-order valence-corrected chi connectivity index (χ4v) is 2.89. The van der Waals surface area contributed by atoms with Gasteiger partial charge in [-0.05, 0) is 35.9 Å². The maximum Gasteiger partial charge on any atom is 0.251 e. The summed E-state index contributed by atoms with van der Waals surface area (Å²) in [6.07, 6.45) is 0. The number of hydrogen-bond acceptors (Lipinski definition) is 3. The van der Waals surface area contributed by atoms with Gasteiger partial charge in [-0.1, -0.05) is 18.2 Å². The molecule has 1 unspecified atom stereocenters. The van der Waals surface area contributed by atoms with E-state index in [0.717, 1.165) is 11.3 Å². The molecule has 0 aromatic heterocycles. The lowest BCUT2D eigenvalue weighted by Gasteiger charge is -2.25. The van der Waals surface area contributed by atoms with Crippen LogP contribution in [0.3, 0.4) is 0 Å². The zero-order chi connectivity index (χ0) is 17.1. The van der Waals surface area contributed by atoms with E-state index in [0.29, 0.717) is 24.2 Å². The summed E-state index contributed by atoms with van der Waals surface area (Å²) in [6.45, 7) is 1.03. The third-order valence-corrected chi connectivity index (χ3v) is 4.31. The van der Waals surface area contributed by atoms with Crippen molar-refractivity contribution in [3.63, 3.8) is 0 Å². The molecule has 24 heavy (non-hydrogen) atoms. The maximum atomic E-state index is 12.3. The van der Waals surface area contributed by atoms with Crippen molar-refractivity contribution in [1.82, 2.24) is 10.6 Å². The first-order valence-electron chi connectivity index (χ1n) is 7.99. The highest BCUT2D eigenvalue weighted by Gasteiger charge is 2.25. The average molecular weight is 323 g/mol. The number of carbonyl (C=O) groups excluding carboxylic acids is 2. The number of carbonyl (C=O) groups is 2.